The van der Waals surface area contributed by atoms with E-state index in [1.165, 1.54) is 6.07 Å². The average molecular weight is 207 g/mol. The summed E-state index contributed by atoms with van der Waals surface area (Å²) in [5.41, 5.74) is 3.10. The number of unbranched alkanes of at least 4 members (excludes halogenated alkanes) is 1. The van der Waals surface area contributed by atoms with Crippen LogP contribution in [-0.4, -0.2) is 11.1 Å². The maximum Gasteiger partial charge on any atom is 0.294 e. The minimum Gasteiger partial charge on any atom is -0.272 e. The van der Waals surface area contributed by atoms with Crippen molar-refractivity contribution in [2.75, 3.05) is 5.43 Å². The first-order valence-electron chi connectivity index (χ1n) is 4.76. The molecule has 5 heteroatoms. The van der Waals surface area contributed by atoms with Gasteiger partial charge in [-0.3, -0.25) is 15.5 Å². The molecule has 0 unspecified atom stereocenters. The van der Waals surface area contributed by atoms with Crippen molar-refractivity contribution in [3.63, 3.8) is 0 Å². The van der Waals surface area contributed by atoms with Crippen LogP contribution in [0.15, 0.2) is 29.4 Å². The van der Waals surface area contributed by atoms with Crippen LogP contribution in [0.5, 0.6) is 0 Å². The van der Waals surface area contributed by atoms with E-state index in [2.05, 4.69) is 10.5 Å². The zero-order chi connectivity index (χ0) is 11.1. The van der Waals surface area contributed by atoms with E-state index in [1.54, 1.807) is 24.4 Å². The highest BCUT2D eigenvalue weighted by molar-refractivity contribution is 5.64. The summed E-state index contributed by atoms with van der Waals surface area (Å²) in [4.78, 5) is 10.2. The first-order valence-corrected chi connectivity index (χ1v) is 4.76. The van der Waals surface area contributed by atoms with Gasteiger partial charge in [-0.25, -0.2) is 0 Å². The summed E-state index contributed by atoms with van der Waals surface area (Å²) in [6.45, 7) is 2.04. The van der Waals surface area contributed by atoms with E-state index >= 15 is 0 Å². The maximum atomic E-state index is 10.6. The summed E-state index contributed by atoms with van der Waals surface area (Å²) in [7, 11) is 0. The van der Waals surface area contributed by atoms with Gasteiger partial charge < -0.3 is 0 Å². The second kappa shape index (κ2) is 5.74. The summed E-state index contributed by atoms with van der Waals surface area (Å²) >= 11 is 0. The number of nitrogens with zero attached hydrogens (tertiary/aromatic N) is 2. The second-order valence-corrected chi connectivity index (χ2v) is 2.99. The van der Waals surface area contributed by atoms with Crippen molar-refractivity contribution in [2.45, 2.75) is 19.8 Å². The normalized spacial score (nSPS) is 10.5. The van der Waals surface area contributed by atoms with Crippen LogP contribution in [0.4, 0.5) is 11.4 Å². The number of para-hydroxylation sites is 2. The molecular weight excluding hydrogens is 194 g/mol. The third-order valence-corrected chi connectivity index (χ3v) is 1.79. The molecule has 1 aromatic carbocycles. The number of rotatable bonds is 5. The van der Waals surface area contributed by atoms with E-state index < -0.39 is 4.92 Å². The Morgan fingerprint density at radius 1 is 1.53 bits per heavy atom. The molecule has 0 bridgehead atoms. The molecule has 15 heavy (non-hydrogen) atoms. The minimum atomic E-state index is -0.433. The topological polar surface area (TPSA) is 67.5 Å². The monoisotopic (exact) mass is 207 g/mol. The Morgan fingerprint density at radius 2 is 2.27 bits per heavy atom. The Kier molecular flexibility index (Phi) is 4.28. The standard InChI is InChI=1S/C10H13N3O2/c1-2-3-8-11-12-9-6-4-5-7-10(9)13(14)15/h4-8,12H,2-3H2,1H3/b11-8+. The zero-order valence-corrected chi connectivity index (χ0v) is 8.51. The van der Waals surface area contributed by atoms with Gasteiger partial charge in [0, 0.05) is 12.3 Å². The number of nitrogens with one attached hydrogen (secondary N) is 1. The van der Waals surface area contributed by atoms with E-state index in [0.29, 0.717) is 5.69 Å². The third kappa shape index (κ3) is 3.38. The van der Waals surface area contributed by atoms with E-state index in [0.717, 1.165) is 12.8 Å². The van der Waals surface area contributed by atoms with Gasteiger partial charge in [-0.15, -0.1) is 0 Å². The Hall–Kier alpha value is -1.91. The molecule has 0 aliphatic heterocycles. The molecule has 1 rings (SSSR count). The number of hydrogen-bond acceptors (Lipinski definition) is 4. The van der Waals surface area contributed by atoms with Gasteiger partial charge >= 0.3 is 0 Å². The molecule has 0 saturated carbocycles. The van der Waals surface area contributed by atoms with Gasteiger partial charge in [-0.1, -0.05) is 25.5 Å². The molecule has 0 aliphatic carbocycles. The number of hydrazone groups is 1. The van der Waals surface area contributed by atoms with Crippen LogP contribution >= 0.6 is 0 Å². The number of nitro benzene ring substituents is 1. The molecule has 0 aliphatic rings. The van der Waals surface area contributed by atoms with Gasteiger partial charge in [0.1, 0.15) is 5.69 Å². The summed E-state index contributed by atoms with van der Waals surface area (Å²) < 4.78 is 0. The molecule has 0 fully saturated rings. The van der Waals surface area contributed by atoms with Gasteiger partial charge in [-0.05, 0) is 12.5 Å². The van der Waals surface area contributed by atoms with Crippen LogP contribution in [0.1, 0.15) is 19.8 Å². The molecule has 0 atom stereocenters. The maximum absolute atomic E-state index is 10.6. The highest BCUT2D eigenvalue weighted by atomic mass is 16.6. The summed E-state index contributed by atoms with van der Waals surface area (Å²) in [6, 6.07) is 6.42. The first-order chi connectivity index (χ1) is 7.25. The molecule has 0 heterocycles. The van der Waals surface area contributed by atoms with Crippen molar-refractivity contribution in [1.82, 2.24) is 0 Å². The van der Waals surface area contributed by atoms with Crippen LogP contribution in [0.3, 0.4) is 0 Å². The fourth-order valence-corrected chi connectivity index (χ4v) is 1.04. The third-order valence-electron chi connectivity index (χ3n) is 1.79. The molecular formula is C10H13N3O2. The molecule has 80 valence electrons. The highest BCUT2D eigenvalue weighted by Crippen LogP contribution is 2.22. The molecule has 1 N–H and O–H groups in total. The lowest BCUT2D eigenvalue weighted by atomic mass is 10.3. The van der Waals surface area contributed by atoms with Crippen molar-refractivity contribution in [2.24, 2.45) is 5.10 Å². The number of benzene rings is 1. The summed E-state index contributed by atoms with van der Waals surface area (Å²) in [6.07, 6.45) is 3.56. The second-order valence-electron chi connectivity index (χ2n) is 2.99. The lowest BCUT2D eigenvalue weighted by Crippen LogP contribution is -1.95. The van der Waals surface area contributed by atoms with Crippen molar-refractivity contribution in [3.05, 3.63) is 34.4 Å². The molecule has 0 aromatic heterocycles. The van der Waals surface area contributed by atoms with Gasteiger partial charge in [0.15, 0.2) is 0 Å². The summed E-state index contributed by atoms with van der Waals surface area (Å²) in [5, 5.41) is 14.5. The molecule has 0 radical (unpaired) electrons. The van der Waals surface area contributed by atoms with Crippen LogP contribution in [0.25, 0.3) is 0 Å². The smallest absolute Gasteiger partial charge is 0.272 e. The van der Waals surface area contributed by atoms with Crippen molar-refractivity contribution >= 4 is 17.6 Å². The van der Waals surface area contributed by atoms with Crippen molar-refractivity contribution in [3.8, 4) is 0 Å². The Balaban J connectivity index is 2.71. The SMILES string of the molecule is CCC/C=N/Nc1ccccc1[N+](=O)[O-]. The van der Waals surface area contributed by atoms with E-state index in [9.17, 15) is 10.1 Å². The van der Waals surface area contributed by atoms with Crippen LogP contribution in [0.2, 0.25) is 0 Å². The lowest BCUT2D eigenvalue weighted by molar-refractivity contribution is -0.384. The van der Waals surface area contributed by atoms with Gasteiger partial charge in [0.05, 0.1) is 4.92 Å². The largest absolute Gasteiger partial charge is 0.294 e. The lowest BCUT2D eigenvalue weighted by Gasteiger charge is -2.00. The minimum absolute atomic E-state index is 0.0335. The number of hydrogen-bond donors (Lipinski definition) is 1. The summed E-state index contributed by atoms with van der Waals surface area (Å²) in [5.74, 6) is 0. The van der Waals surface area contributed by atoms with Crippen molar-refractivity contribution in [1.29, 1.82) is 0 Å². The van der Waals surface area contributed by atoms with Gasteiger partial charge in [0.2, 0.25) is 0 Å². The average Bonchev–Trinajstić information content (AvgIpc) is 2.25. The Morgan fingerprint density at radius 3 is 2.93 bits per heavy atom. The van der Waals surface area contributed by atoms with Crippen LogP contribution in [0, 0.1) is 10.1 Å². The van der Waals surface area contributed by atoms with Crippen LogP contribution in [-0.2, 0) is 0 Å². The number of nitro groups is 1. The Bertz CT molecular complexity index is 363. The van der Waals surface area contributed by atoms with Crippen LogP contribution < -0.4 is 5.43 Å². The molecule has 0 saturated heterocycles. The van der Waals surface area contributed by atoms with Gasteiger partial charge in [-0.2, -0.15) is 5.10 Å². The molecule has 0 spiro atoms. The quantitative estimate of drug-likeness (QED) is 0.458. The molecule has 1 aromatic rings. The first kappa shape index (κ1) is 11.2. The van der Waals surface area contributed by atoms with E-state index in [4.69, 9.17) is 0 Å². The Labute approximate surface area is 88.0 Å². The van der Waals surface area contributed by atoms with Crippen molar-refractivity contribution < 1.29 is 4.92 Å². The fourth-order valence-electron chi connectivity index (χ4n) is 1.04. The fraction of sp³-hybridized carbons (Fsp3) is 0.300. The predicted molar refractivity (Wildman–Crippen MR) is 60.1 cm³/mol. The van der Waals surface area contributed by atoms with Gasteiger partial charge in [0.25, 0.3) is 5.69 Å². The molecule has 0 amide bonds. The predicted octanol–water partition coefficient (Wildman–Crippen LogP) is 2.79. The van der Waals surface area contributed by atoms with E-state index in [-0.39, 0.29) is 5.69 Å². The number of anilines is 1. The van der Waals surface area contributed by atoms with E-state index in [1.807, 2.05) is 6.92 Å². The zero-order valence-electron chi connectivity index (χ0n) is 8.51. The molecule has 5 nitrogen and oxygen atoms in total. The highest BCUT2D eigenvalue weighted by Gasteiger charge is 2.10.